The molecule has 14 heteroatoms. The molecule has 12 nitrogen and oxygen atoms in total. The number of carbonyl (C=O) groups is 3. The number of hydrogen-bond donors (Lipinski definition) is 1. The molecule has 1 atom stereocenters. The minimum atomic E-state index is -0.994. The molecule has 4 aromatic rings. The molecule has 1 unspecified atom stereocenters. The second-order valence-corrected chi connectivity index (χ2v) is 12.3. The lowest BCUT2D eigenvalue weighted by Crippen LogP contribution is -2.26. The van der Waals surface area contributed by atoms with Crippen LogP contribution in [0.5, 0.6) is 0 Å². The molecule has 0 aliphatic heterocycles. The first-order chi connectivity index (χ1) is 23.3. The molecule has 0 spiro atoms. The molecule has 2 aromatic heterocycles. The molecule has 0 aliphatic rings. The van der Waals surface area contributed by atoms with Crippen molar-refractivity contribution >= 4 is 77.3 Å². The van der Waals surface area contributed by atoms with Crippen LogP contribution in [0, 0.1) is 0 Å². The monoisotopic (exact) mass is 688 g/mol. The Balaban J connectivity index is 1.17. The maximum Gasteiger partial charge on any atom is 0.347 e. The van der Waals surface area contributed by atoms with E-state index in [1.807, 2.05) is 54.6 Å². The van der Waals surface area contributed by atoms with Gasteiger partial charge in [-0.3, -0.25) is 0 Å². The molecular weight excluding hydrogens is 653 g/mol. The van der Waals surface area contributed by atoms with Crippen molar-refractivity contribution < 1.29 is 28.6 Å². The summed E-state index contributed by atoms with van der Waals surface area (Å²) in [6.07, 6.45) is 5.62. The van der Waals surface area contributed by atoms with Gasteiger partial charge >= 0.3 is 17.9 Å². The molecule has 0 amide bonds. The number of esters is 3. The van der Waals surface area contributed by atoms with Crippen molar-refractivity contribution in [2.75, 3.05) is 25.1 Å². The quantitative estimate of drug-likeness (QED) is 0.0336. The highest BCUT2D eigenvalue weighted by Gasteiger charge is 2.17. The molecule has 4 rings (SSSR count). The maximum atomic E-state index is 11.9. The summed E-state index contributed by atoms with van der Waals surface area (Å²) in [6, 6.07) is 17.1. The van der Waals surface area contributed by atoms with Crippen LogP contribution in [0.15, 0.2) is 100 Å². The number of nitrogens with one attached hydrogen (secondary N) is 1. The Bertz CT molecular complexity index is 1720. The fourth-order valence-corrected chi connectivity index (χ4v) is 5.94. The van der Waals surface area contributed by atoms with E-state index in [0.717, 1.165) is 69.8 Å². The lowest BCUT2D eigenvalue weighted by molar-refractivity contribution is -0.163. The largest absolute Gasteiger partial charge is 0.463 e. The Morgan fingerprint density at radius 3 is 2.23 bits per heavy atom. The first-order valence-electron chi connectivity index (χ1n) is 15.3. The normalized spacial score (nSPS) is 11.9. The molecular formula is C34H36N6O6S2. The Labute approximate surface area is 286 Å². The molecule has 0 aliphatic carbocycles. The molecule has 48 heavy (non-hydrogen) atoms. The number of nitrogens with zero attached hydrogens (tertiary/aromatic N) is 5. The third kappa shape index (κ3) is 11.9. The Kier molecular flexibility index (Phi) is 14.1. The highest BCUT2D eigenvalue weighted by molar-refractivity contribution is 7.30. The summed E-state index contributed by atoms with van der Waals surface area (Å²) in [7, 11) is 0. The lowest BCUT2D eigenvalue weighted by atomic mass is 10.1. The number of hydrogen-bond acceptors (Lipinski definition) is 14. The van der Waals surface area contributed by atoms with Crippen molar-refractivity contribution in [1.82, 2.24) is 4.98 Å². The van der Waals surface area contributed by atoms with Gasteiger partial charge in [-0.15, -0.1) is 20.5 Å². The summed E-state index contributed by atoms with van der Waals surface area (Å²) in [5, 5.41) is 22.0. The van der Waals surface area contributed by atoms with Crippen LogP contribution in [0.25, 0.3) is 9.53 Å². The van der Waals surface area contributed by atoms with Crippen LogP contribution >= 0.6 is 22.7 Å². The van der Waals surface area contributed by atoms with Crippen LogP contribution in [-0.4, -0.2) is 48.8 Å². The standard InChI is InChI=1S/C34H36N6O6S2/c1-4-30(41)44-20-9-7-6-8-19-35-25-14-16-27(17-15-25)38-40-34-36-32-28(47-34)22-29(48-32)39-37-26-12-10-24(11-13-26)18-21-45-33(43)23(3)46-31(42)5-2/h4-5,10-17,22-23,35H,1-2,6-9,18-21H2,3H3/b39-37+,40-38+. The van der Waals surface area contributed by atoms with Gasteiger partial charge in [0.25, 0.3) is 0 Å². The summed E-state index contributed by atoms with van der Waals surface area (Å²) in [5.41, 5.74) is 3.39. The molecule has 0 bridgehead atoms. The van der Waals surface area contributed by atoms with Crippen LogP contribution in [0.4, 0.5) is 27.2 Å². The van der Waals surface area contributed by atoms with Crippen LogP contribution in [0.2, 0.25) is 0 Å². The second kappa shape index (κ2) is 18.9. The number of aromatic nitrogens is 1. The second-order valence-electron chi connectivity index (χ2n) is 10.3. The molecule has 0 radical (unpaired) electrons. The van der Waals surface area contributed by atoms with Gasteiger partial charge in [0.2, 0.25) is 5.13 Å². The average molecular weight is 689 g/mol. The van der Waals surface area contributed by atoms with E-state index in [4.69, 9.17) is 14.2 Å². The number of anilines is 1. The number of thiazole rings is 1. The van der Waals surface area contributed by atoms with Crippen molar-refractivity contribution in [2.45, 2.75) is 45.1 Å². The summed E-state index contributed by atoms with van der Waals surface area (Å²) >= 11 is 2.86. The minimum absolute atomic E-state index is 0.155. The van der Waals surface area contributed by atoms with Gasteiger partial charge in [0.05, 0.1) is 29.3 Å². The van der Waals surface area contributed by atoms with E-state index in [1.54, 1.807) is 0 Å². The number of benzene rings is 2. The highest BCUT2D eigenvalue weighted by atomic mass is 32.1. The van der Waals surface area contributed by atoms with Gasteiger partial charge in [0.1, 0.15) is 9.83 Å². The summed E-state index contributed by atoms with van der Waals surface area (Å²) in [4.78, 5) is 39.5. The number of rotatable bonds is 19. The summed E-state index contributed by atoms with van der Waals surface area (Å²) in [5.74, 6) is -1.66. The number of fused-ring (bicyclic) bond motifs is 1. The fraction of sp³-hybridized carbons (Fsp3) is 0.294. The van der Waals surface area contributed by atoms with Crippen LogP contribution < -0.4 is 5.32 Å². The fourth-order valence-electron chi connectivity index (χ4n) is 4.09. The van der Waals surface area contributed by atoms with Crippen molar-refractivity contribution in [1.29, 1.82) is 0 Å². The van der Waals surface area contributed by atoms with E-state index in [-0.39, 0.29) is 12.6 Å². The first-order valence-corrected chi connectivity index (χ1v) is 16.9. The highest BCUT2D eigenvalue weighted by Crippen LogP contribution is 2.39. The van der Waals surface area contributed by atoms with Crippen LogP contribution in [0.1, 0.15) is 38.2 Å². The average Bonchev–Trinajstić information content (AvgIpc) is 3.67. The topological polar surface area (TPSA) is 153 Å². The predicted octanol–water partition coefficient (Wildman–Crippen LogP) is 9.09. The maximum absolute atomic E-state index is 11.9. The van der Waals surface area contributed by atoms with Gasteiger partial charge in [-0.05, 0) is 74.2 Å². The molecule has 0 saturated carbocycles. The zero-order valence-electron chi connectivity index (χ0n) is 26.5. The Morgan fingerprint density at radius 1 is 0.833 bits per heavy atom. The van der Waals surface area contributed by atoms with E-state index in [2.05, 4.69) is 43.9 Å². The number of ether oxygens (including phenoxy) is 3. The molecule has 1 N–H and O–H groups in total. The van der Waals surface area contributed by atoms with E-state index in [9.17, 15) is 14.4 Å². The summed E-state index contributed by atoms with van der Waals surface area (Å²) < 4.78 is 15.9. The summed E-state index contributed by atoms with van der Waals surface area (Å²) in [6.45, 7) is 9.57. The zero-order chi connectivity index (χ0) is 34.1. The molecule has 2 heterocycles. The SMILES string of the molecule is C=CC(=O)OCCCCCCNc1ccc(/N=N/c2nc3sc(/N=N/c4ccc(CCOC(=O)C(C)OC(=O)C=C)cc4)cc3s2)cc1. The van der Waals surface area contributed by atoms with E-state index < -0.39 is 18.0 Å². The minimum Gasteiger partial charge on any atom is -0.463 e. The van der Waals surface area contributed by atoms with Crippen molar-refractivity contribution in [3.05, 3.63) is 85.5 Å². The smallest absolute Gasteiger partial charge is 0.347 e. The van der Waals surface area contributed by atoms with Gasteiger partial charge in [0, 0.05) is 30.8 Å². The van der Waals surface area contributed by atoms with Gasteiger partial charge in [-0.25, -0.2) is 19.4 Å². The molecule has 0 fully saturated rings. The number of thiophene rings is 1. The van der Waals surface area contributed by atoms with Gasteiger partial charge in [-0.2, -0.15) is 0 Å². The van der Waals surface area contributed by atoms with Gasteiger partial charge in [0.15, 0.2) is 6.10 Å². The van der Waals surface area contributed by atoms with Gasteiger partial charge < -0.3 is 19.5 Å². The van der Waals surface area contributed by atoms with Crippen LogP contribution in [0.3, 0.4) is 0 Å². The van der Waals surface area contributed by atoms with Crippen molar-refractivity contribution in [2.24, 2.45) is 20.5 Å². The molecule has 2 aromatic carbocycles. The van der Waals surface area contributed by atoms with Crippen molar-refractivity contribution in [3.63, 3.8) is 0 Å². The Hall–Kier alpha value is -5.08. The number of carbonyl (C=O) groups excluding carboxylic acids is 3. The zero-order valence-corrected chi connectivity index (χ0v) is 28.1. The van der Waals surface area contributed by atoms with E-state index in [1.165, 1.54) is 35.7 Å². The predicted molar refractivity (Wildman–Crippen MR) is 187 cm³/mol. The molecule has 250 valence electrons. The Morgan fingerprint density at radius 2 is 1.52 bits per heavy atom. The van der Waals surface area contributed by atoms with Crippen molar-refractivity contribution in [3.8, 4) is 0 Å². The third-order valence-electron chi connectivity index (χ3n) is 6.62. The van der Waals surface area contributed by atoms with E-state index in [0.29, 0.717) is 23.8 Å². The number of azo groups is 2. The third-order valence-corrected chi connectivity index (χ3v) is 8.55. The lowest BCUT2D eigenvalue weighted by Gasteiger charge is -2.11. The number of unbranched alkanes of at least 4 members (excludes halogenated alkanes) is 3. The molecule has 0 saturated heterocycles. The van der Waals surface area contributed by atoms with Gasteiger partial charge in [-0.1, -0.05) is 54.4 Å². The van der Waals surface area contributed by atoms with E-state index >= 15 is 0 Å². The van der Waals surface area contributed by atoms with Crippen LogP contribution in [-0.2, 0) is 35.0 Å². The first kappa shape index (κ1) is 35.8.